The fraction of sp³-hybridized carbons (Fsp3) is 0.667. The summed E-state index contributed by atoms with van der Waals surface area (Å²) < 4.78 is 1.66. The molecule has 1 aromatic rings. The average Bonchev–Trinajstić information content (AvgIpc) is 2.46. The van der Waals surface area contributed by atoms with Gasteiger partial charge in [0.1, 0.15) is 17.2 Å². The molecule has 0 aliphatic carbocycles. The van der Waals surface area contributed by atoms with Crippen molar-refractivity contribution >= 4 is 5.97 Å². The number of hydrogen-bond donors (Lipinski definition) is 1. The molecule has 5 nitrogen and oxygen atoms in total. The third-order valence-electron chi connectivity index (χ3n) is 2.29. The van der Waals surface area contributed by atoms with Crippen molar-refractivity contribution < 1.29 is 9.90 Å². The normalized spacial score (nSPS) is 11.7. The number of carboxylic acid groups (broad SMARTS) is 1. The number of hydrogen-bond acceptors (Lipinski definition) is 3. The smallest absolute Gasteiger partial charge is 0.329 e. The zero-order valence-corrected chi connectivity index (χ0v) is 8.90. The first-order chi connectivity index (χ1) is 6.41. The van der Waals surface area contributed by atoms with Gasteiger partial charge in [-0.25, -0.2) is 4.79 Å². The maximum Gasteiger partial charge on any atom is 0.329 e. The van der Waals surface area contributed by atoms with Gasteiger partial charge >= 0.3 is 5.97 Å². The Bertz CT molecular complexity index is 355. The molecule has 1 aromatic heterocycles. The predicted molar refractivity (Wildman–Crippen MR) is 51.1 cm³/mol. The van der Waals surface area contributed by atoms with Crippen LogP contribution < -0.4 is 0 Å². The van der Waals surface area contributed by atoms with Gasteiger partial charge in [-0.1, -0.05) is 6.92 Å². The first-order valence-corrected chi connectivity index (χ1v) is 4.56. The number of aromatic nitrogens is 3. The molecule has 0 aromatic carbocycles. The van der Waals surface area contributed by atoms with Gasteiger partial charge in [0.2, 0.25) is 0 Å². The third kappa shape index (κ3) is 1.49. The fourth-order valence-corrected chi connectivity index (χ4v) is 1.46. The van der Waals surface area contributed by atoms with Crippen LogP contribution in [0.15, 0.2) is 0 Å². The van der Waals surface area contributed by atoms with E-state index < -0.39 is 11.5 Å². The molecule has 14 heavy (non-hydrogen) atoms. The maximum absolute atomic E-state index is 11.1. The van der Waals surface area contributed by atoms with Crippen LogP contribution in [-0.4, -0.2) is 25.8 Å². The van der Waals surface area contributed by atoms with Crippen LogP contribution in [0.5, 0.6) is 0 Å². The molecule has 0 amide bonds. The van der Waals surface area contributed by atoms with Crippen molar-refractivity contribution in [3.8, 4) is 0 Å². The lowest BCUT2D eigenvalue weighted by atomic mass is 10.1. The van der Waals surface area contributed by atoms with Gasteiger partial charge in [0, 0.05) is 6.42 Å². The SMILES string of the molecule is CCc1nnc(C)n1C(C)(C)C(=O)O. The van der Waals surface area contributed by atoms with Crippen LogP contribution in [0.1, 0.15) is 32.4 Å². The van der Waals surface area contributed by atoms with Crippen LogP contribution in [0.25, 0.3) is 0 Å². The van der Waals surface area contributed by atoms with Crippen molar-refractivity contribution in [2.45, 2.75) is 39.7 Å². The Morgan fingerprint density at radius 3 is 2.50 bits per heavy atom. The van der Waals surface area contributed by atoms with Crippen molar-refractivity contribution in [1.29, 1.82) is 0 Å². The summed E-state index contributed by atoms with van der Waals surface area (Å²) in [5.41, 5.74) is -0.987. The Hall–Kier alpha value is -1.39. The molecule has 0 atom stereocenters. The highest BCUT2D eigenvalue weighted by molar-refractivity contribution is 5.75. The number of carbonyl (C=O) groups is 1. The van der Waals surface area contributed by atoms with Gasteiger partial charge < -0.3 is 5.11 Å². The van der Waals surface area contributed by atoms with Crippen LogP contribution in [-0.2, 0) is 16.8 Å². The van der Waals surface area contributed by atoms with Gasteiger partial charge in [-0.3, -0.25) is 4.57 Å². The van der Waals surface area contributed by atoms with Gasteiger partial charge in [-0.05, 0) is 20.8 Å². The van der Waals surface area contributed by atoms with Gasteiger partial charge in [0.05, 0.1) is 0 Å². The maximum atomic E-state index is 11.1. The molecule has 0 saturated carbocycles. The lowest BCUT2D eigenvalue weighted by Gasteiger charge is -2.23. The Morgan fingerprint density at radius 1 is 1.50 bits per heavy atom. The van der Waals surface area contributed by atoms with Gasteiger partial charge in [-0.2, -0.15) is 0 Å². The monoisotopic (exact) mass is 197 g/mol. The molecule has 1 rings (SSSR count). The molecular weight excluding hydrogens is 182 g/mol. The Balaban J connectivity index is 3.29. The first-order valence-electron chi connectivity index (χ1n) is 4.56. The van der Waals surface area contributed by atoms with Crippen molar-refractivity contribution in [2.24, 2.45) is 0 Å². The number of aliphatic carboxylic acids is 1. The van der Waals surface area contributed by atoms with E-state index in [2.05, 4.69) is 10.2 Å². The predicted octanol–water partition coefficient (Wildman–Crippen LogP) is 0.969. The molecule has 5 heteroatoms. The van der Waals surface area contributed by atoms with E-state index in [4.69, 9.17) is 5.11 Å². The first kappa shape index (κ1) is 10.7. The van der Waals surface area contributed by atoms with E-state index in [1.54, 1.807) is 25.3 Å². The highest BCUT2D eigenvalue weighted by Gasteiger charge is 2.32. The van der Waals surface area contributed by atoms with Crippen molar-refractivity contribution in [3.63, 3.8) is 0 Å². The quantitative estimate of drug-likeness (QED) is 0.783. The minimum absolute atomic E-state index is 0.634. The van der Waals surface area contributed by atoms with Crippen molar-refractivity contribution in [2.75, 3.05) is 0 Å². The Labute approximate surface area is 82.8 Å². The van der Waals surface area contributed by atoms with Crippen LogP contribution in [0.2, 0.25) is 0 Å². The topological polar surface area (TPSA) is 68.0 Å². The van der Waals surface area contributed by atoms with Gasteiger partial charge in [0.25, 0.3) is 0 Å². The summed E-state index contributed by atoms with van der Waals surface area (Å²) in [7, 11) is 0. The van der Waals surface area contributed by atoms with Crippen LogP contribution >= 0.6 is 0 Å². The third-order valence-corrected chi connectivity index (χ3v) is 2.29. The second-order valence-corrected chi connectivity index (χ2v) is 3.72. The number of carboxylic acids is 1. The minimum atomic E-state index is -0.987. The molecule has 0 aliphatic heterocycles. The van der Waals surface area contributed by atoms with E-state index in [0.717, 1.165) is 0 Å². The summed E-state index contributed by atoms with van der Waals surface area (Å²) in [6, 6.07) is 0. The molecule has 0 saturated heterocycles. The molecule has 0 bridgehead atoms. The zero-order valence-electron chi connectivity index (χ0n) is 8.90. The van der Waals surface area contributed by atoms with Crippen LogP contribution in [0.4, 0.5) is 0 Å². The molecule has 1 N–H and O–H groups in total. The molecular formula is C9H15N3O2. The highest BCUT2D eigenvalue weighted by Crippen LogP contribution is 2.19. The van der Waals surface area contributed by atoms with Crippen molar-refractivity contribution in [1.82, 2.24) is 14.8 Å². The summed E-state index contributed by atoms with van der Waals surface area (Å²) in [5, 5.41) is 16.9. The standard InChI is InChI=1S/C9H15N3O2/c1-5-7-11-10-6(2)12(7)9(3,4)8(13)14/h5H2,1-4H3,(H,13,14). The summed E-state index contributed by atoms with van der Waals surface area (Å²) in [6.45, 7) is 6.98. The lowest BCUT2D eigenvalue weighted by molar-refractivity contribution is -0.145. The molecule has 1 heterocycles. The largest absolute Gasteiger partial charge is 0.480 e. The number of nitrogens with zero attached hydrogens (tertiary/aromatic N) is 3. The van der Waals surface area contributed by atoms with E-state index in [9.17, 15) is 4.79 Å². The summed E-state index contributed by atoms with van der Waals surface area (Å²) in [6.07, 6.45) is 0.678. The Kier molecular flexibility index (Phi) is 2.59. The van der Waals surface area contributed by atoms with E-state index in [-0.39, 0.29) is 0 Å². The molecule has 0 fully saturated rings. The summed E-state index contributed by atoms with van der Waals surface area (Å²) in [4.78, 5) is 11.1. The lowest BCUT2D eigenvalue weighted by Crippen LogP contribution is -2.37. The van der Waals surface area contributed by atoms with Crippen LogP contribution in [0, 0.1) is 6.92 Å². The fourth-order valence-electron chi connectivity index (χ4n) is 1.46. The van der Waals surface area contributed by atoms with E-state index in [0.29, 0.717) is 18.1 Å². The molecule has 0 aliphatic rings. The van der Waals surface area contributed by atoms with Crippen LogP contribution in [0.3, 0.4) is 0 Å². The number of rotatable bonds is 3. The summed E-state index contributed by atoms with van der Waals surface area (Å²) in [5.74, 6) is 0.458. The van der Waals surface area contributed by atoms with E-state index in [1.165, 1.54) is 0 Å². The highest BCUT2D eigenvalue weighted by atomic mass is 16.4. The zero-order chi connectivity index (χ0) is 10.9. The van der Waals surface area contributed by atoms with Gasteiger partial charge in [-0.15, -0.1) is 10.2 Å². The average molecular weight is 197 g/mol. The molecule has 78 valence electrons. The van der Waals surface area contributed by atoms with E-state index >= 15 is 0 Å². The molecule has 0 spiro atoms. The molecule has 0 radical (unpaired) electrons. The van der Waals surface area contributed by atoms with E-state index in [1.807, 2.05) is 6.92 Å². The second-order valence-electron chi connectivity index (χ2n) is 3.72. The second kappa shape index (κ2) is 3.40. The van der Waals surface area contributed by atoms with Crippen molar-refractivity contribution in [3.05, 3.63) is 11.6 Å². The number of aryl methyl sites for hydroxylation is 2. The Morgan fingerprint density at radius 2 is 2.07 bits per heavy atom. The molecule has 0 unspecified atom stereocenters. The minimum Gasteiger partial charge on any atom is -0.480 e. The summed E-state index contributed by atoms with van der Waals surface area (Å²) >= 11 is 0. The van der Waals surface area contributed by atoms with Gasteiger partial charge in [0.15, 0.2) is 0 Å².